The molecule has 1 saturated heterocycles. The first kappa shape index (κ1) is 14.6. The number of carboxylic acid groups (broad SMARTS) is 1. The van der Waals surface area contributed by atoms with Crippen molar-refractivity contribution in [1.82, 2.24) is 5.32 Å². The average Bonchev–Trinajstić information content (AvgIpc) is 3.03. The standard InChI is InChI=1S/C18H20N2O2/c21-18(22)15-8-6-14(7-9-15)12-19-16-10-11-20(13-16)17-4-2-1-3-5-17/h1-9,16,19H,10-13H2,(H,21,22). The van der Waals surface area contributed by atoms with Crippen molar-refractivity contribution < 1.29 is 9.90 Å². The van der Waals surface area contributed by atoms with Crippen LogP contribution in [0.1, 0.15) is 22.3 Å². The van der Waals surface area contributed by atoms with E-state index in [1.54, 1.807) is 12.1 Å². The predicted molar refractivity (Wildman–Crippen MR) is 87.3 cm³/mol. The van der Waals surface area contributed by atoms with Crippen molar-refractivity contribution in [2.75, 3.05) is 18.0 Å². The molecule has 4 heteroatoms. The van der Waals surface area contributed by atoms with Gasteiger partial charge in [0.15, 0.2) is 0 Å². The van der Waals surface area contributed by atoms with Crippen LogP contribution in [0.3, 0.4) is 0 Å². The number of rotatable bonds is 5. The third-order valence-electron chi connectivity index (χ3n) is 4.11. The van der Waals surface area contributed by atoms with Crippen LogP contribution in [0.5, 0.6) is 0 Å². The van der Waals surface area contributed by atoms with Crippen LogP contribution < -0.4 is 10.2 Å². The largest absolute Gasteiger partial charge is 0.478 e. The van der Waals surface area contributed by atoms with Crippen LogP contribution in [0.25, 0.3) is 0 Å². The summed E-state index contributed by atoms with van der Waals surface area (Å²) in [6, 6.07) is 18.0. The van der Waals surface area contributed by atoms with Crippen LogP contribution in [0.15, 0.2) is 54.6 Å². The van der Waals surface area contributed by atoms with Gasteiger partial charge in [0.2, 0.25) is 0 Å². The molecule has 0 spiro atoms. The van der Waals surface area contributed by atoms with E-state index in [-0.39, 0.29) is 0 Å². The molecule has 1 aliphatic rings. The van der Waals surface area contributed by atoms with Crippen molar-refractivity contribution in [1.29, 1.82) is 0 Å². The monoisotopic (exact) mass is 296 g/mol. The van der Waals surface area contributed by atoms with Gasteiger partial charge in [-0.2, -0.15) is 0 Å². The fourth-order valence-corrected chi connectivity index (χ4v) is 2.83. The van der Waals surface area contributed by atoms with Gasteiger partial charge < -0.3 is 15.3 Å². The first-order valence-electron chi connectivity index (χ1n) is 7.58. The van der Waals surface area contributed by atoms with Crippen molar-refractivity contribution in [3.63, 3.8) is 0 Å². The van der Waals surface area contributed by atoms with Crippen LogP contribution in [0, 0.1) is 0 Å². The summed E-state index contributed by atoms with van der Waals surface area (Å²) in [4.78, 5) is 13.2. The Labute approximate surface area is 130 Å². The van der Waals surface area contributed by atoms with Crippen molar-refractivity contribution >= 4 is 11.7 Å². The molecular weight excluding hydrogens is 276 g/mol. The van der Waals surface area contributed by atoms with Crippen molar-refractivity contribution in [3.8, 4) is 0 Å². The van der Waals surface area contributed by atoms with Crippen molar-refractivity contribution in [3.05, 3.63) is 65.7 Å². The van der Waals surface area contributed by atoms with E-state index in [9.17, 15) is 4.79 Å². The molecule has 0 bridgehead atoms. The van der Waals surface area contributed by atoms with Gasteiger partial charge in [0, 0.05) is 31.4 Å². The summed E-state index contributed by atoms with van der Waals surface area (Å²) in [5.74, 6) is -0.881. The van der Waals surface area contributed by atoms with Gasteiger partial charge in [0.1, 0.15) is 0 Å². The SMILES string of the molecule is O=C(O)c1ccc(CNC2CCN(c3ccccc3)C2)cc1. The lowest BCUT2D eigenvalue weighted by Gasteiger charge is -2.19. The highest BCUT2D eigenvalue weighted by Crippen LogP contribution is 2.19. The number of hydrogen-bond donors (Lipinski definition) is 2. The van der Waals surface area contributed by atoms with Crippen LogP contribution in [0.2, 0.25) is 0 Å². The number of aromatic carboxylic acids is 1. The van der Waals surface area contributed by atoms with Gasteiger partial charge in [-0.1, -0.05) is 30.3 Å². The zero-order valence-electron chi connectivity index (χ0n) is 12.4. The molecule has 0 amide bonds. The molecule has 1 aliphatic heterocycles. The lowest BCUT2D eigenvalue weighted by atomic mass is 10.1. The van der Waals surface area contributed by atoms with Crippen LogP contribution in [0.4, 0.5) is 5.69 Å². The summed E-state index contributed by atoms with van der Waals surface area (Å²) in [6.07, 6.45) is 1.13. The molecule has 0 aliphatic carbocycles. The summed E-state index contributed by atoms with van der Waals surface area (Å²) >= 11 is 0. The minimum atomic E-state index is -0.881. The molecule has 114 valence electrons. The Morgan fingerprint density at radius 2 is 1.86 bits per heavy atom. The third-order valence-corrected chi connectivity index (χ3v) is 4.11. The van der Waals surface area contributed by atoms with Crippen molar-refractivity contribution in [2.45, 2.75) is 19.0 Å². The number of carbonyl (C=O) groups is 1. The number of benzene rings is 2. The molecule has 22 heavy (non-hydrogen) atoms. The Morgan fingerprint density at radius 3 is 2.55 bits per heavy atom. The lowest BCUT2D eigenvalue weighted by Crippen LogP contribution is -2.32. The number of para-hydroxylation sites is 1. The van der Waals surface area contributed by atoms with E-state index < -0.39 is 5.97 Å². The Morgan fingerprint density at radius 1 is 1.14 bits per heavy atom. The van der Waals surface area contributed by atoms with Crippen molar-refractivity contribution in [2.24, 2.45) is 0 Å². The van der Waals surface area contributed by atoms with E-state index in [1.807, 2.05) is 18.2 Å². The second-order valence-electron chi connectivity index (χ2n) is 5.65. The van der Waals surface area contributed by atoms with Gasteiger partial charge in [-0.25, -0.2) is 4.79 Å². The number of nitrogens with zero attached hydrogens (tertiary/aromatic N) is 1. The molecule has 1 unspecified atom stereocenters. The molecule has 1 heterocycles. The molecular formula is C18H20N2O2. The summed E-state index contributed by atoms with van der Waals surface area (Å²) in [7, 11) is 0. The first-order valence-corrected chi connectivity index (χ1v) is 7.58. The maximum atomic E-state index is 10.8. The zero-order valence-corrected chi connectivity index (χ0v) is 12.4. The molecule has 0 radical (unpaired) electrons. The smallest absolute Gasteiger partial charge is 0.335 e. The first-order chi connectivity index (χ1) is 10.7. The maximum Gasteiger partial charge on any atom is 0.335 e. The van der Waals surface area contributed by atoms with Gasteiger partial charge in [-0.15, -0.1) is 0 Å². The highest BCUT2D eigenvalue weighted by molar-refractivity contribution is 5.87. The Balaban J connectivity index is 1.51. The molecule has 2 N–H and O–H groups in total. The zero-order chi connectivity index (χ0) is 15.4. The molecule has 0 aromatic heterocycles. The highest BCUT2D eigenvalue weighted by Gasteiger charge is 2.21. The lowest BCUT2D eigenvalue weighted by molar-refractivity contribution is 0.0697. The Kier molecular flexibility index (Phi) is 4.39. The van der Waals surface area contributed by atoms with E-state index in [2.05, 4.69) is 34.5 Å². The number of anilines is 1. The van der Waals surface area contributed by atoms with E-state index in [4.69, 9.17) is 5.11 Å². The predicted octanol–water partition coefficient (Wildman–Crippen LogP) is 2.75. The third kappa shape index (κ3) is 3.46. The quantitative estimate of drug-likeness (QED) is 0.891. The van der Waals surface area contributed by atoms with E-state index in [0.717, 1.165) is 31.6 Å². The van der Waals surface area contributed by atoms with Gasteiger partial charge in [-0.3, -0.25) is 0 Å². The molecule has 2 aromatic carbocycles. The van der Waals surface area contributed by atoms with Crippen LogP contribution >= 0.6 is 0 Å². The molecule has 4 nitrogen and oxygen atoms in total. The second-order valence-corrected chi connectivity index (χ2v) is 5.65. The topological polar surface area (TPSA) is 52.6 Å². The minimum absolute atomic E-state index is 0.333. The molecule has 1 atom stereocenters. The summed E-state index contributed by atoms with van der Waals surface area (Å²) in [5.41, 5.74) is 2.72. The summed E-state index contributed by atoms with van der Waals surface area (Å²) < 4.78 is 0. The molecule has 2 aromatic rings. The van der Waals surface area contributed by atoms with E-state index in [0.29, 0.717) is 11.6 Å². The van der Waals surface area contributed by atoms with E-state index in [1.165, 1.54) is 5.69 Å². The van der Waals surface area contributed by atoms with Gasteiger partial charge in [-0.05, 0) is 36.2 Å². The fraction of sp³-hybridized carbons (Fsp3) is 0.278. The Bertz CT molecular complexity index is 625. The van der Waals surface area contributed by atoms with Crippen LogP contribution in [-0.4, -0.2) is 30.2 Å². The average molecular weight is 296 g/mol. The van der Waals surface area contributed by atoms with Crippen LogP contribution in [-0.2, 0) is 6.54 Å². The summed E-state index contributed by atoms with van der Waals surface area (Å²) in [5, 5.41) is 12.5. The minimum Gasteiger partial charge on any atom is -0.478 e. The summed E-state index contributed by atoms with van der Waals surface area (Å²) in [6.45, 7) is 2.85. The number of nitrogens with one attached hydrogen (secondary N) is 1. The fourth-order valence-electron chi connectivity index (χ4n) is 2.83. The number of hydrogen-bond acceptors (Lipinski definition) is 3. The van der Waals surface area contributed by atoms with E-state index >= 15 is 0 Å². The molecule has 3 rings (SSSR count). The molecule has 1 fully saturated rings. The van der Waals surface area contributed by atoms with Gasteiger partial charge in [0.25, 0.3) is 0 Å². The molecule has 0 saturated carbocycles. The second kappa shape index (κ2) is 6.62. The highest BCUT2D eigenvalue weighted by atomic mass is 16.4. The van der Waals surface area contributed by atoms with Gasteiger partial charge in [0.05, 0.1) is 5.56 Å². The van der Waals surface area contributed by atoms with Gasteiger partial charge >= 0.3 is 5.97 Å². The Hall–Kier alpha value is -2.33. The maximum absolute atomic E-state index is 10.8. The normalized spacial score (nSPS) is 17.6. The number of carboxylic acids is 1.